The van der Waals surface area contributed by atoms with Gasteiger partial charge < -0.3 is 29.7 Å². The van der Waals surface area contributed by atoms with Gasteiger partial charge in [-0.2, -0.15) is 4.98 Å². The fourth-order valence-corrected chi connectivity index (χ4v) is 5.92. The highest BCUT2D eigenvalue weighted by Gasteiger charge is 2.34. The Morgan fingerprint density at radius 1 is 1.12 bits per heavy atom. The fourth-order valence-electron chi connectivity index (χ4n) is 5.92. The smallest absolute Gasteiger partial charge is 0.324 e. The Balaban J connectivity index is 1.00. The number of pyridine rings is 1. The molecule has 0 bridgehead atoms. The second-order valence-electron chi connectivity index (χ2n) is 12.8. The van der Waals surface area contributed by atoms with Gasteiger partial charge in [0.25, 0.3) is 5.91 Å². The van der Waals surface area contributed by atoms with Crippen LogP contribution in [0.4, 0.5) is 6.01 Å². The molecular weight excluding hydrogens is 522 g/mol. The van der Waals surface area contributed by atoms with Gasteiger partial charge in [-0.05, 0) is 63.9 Å². The van der Waals surface area contributed by atoms with Gasteiger partial charge in [0.15, 0.2) is 5.82 Å². The number of ether oxygens (including phenoxy) is 1. The second-order valence-corrected chi connectivity index (χ2v) is 12.8. The molecule has 2 aromatic heterocycles. The van der Waals surface area contributed by atoms with E-state index in [0.29, 0.717) is 48.6 Å². The molecule has 11 nitrogen and oxygen atoms in total. The number of amides is 2. The van der Waals surface area contributed by atoms with Crippen molar-refractivity contribution in [3.05, 3.63) is 29.2 Å². The number of nitrogens with one attached hydrogen (secondary N) is 2. The van der Waals surface area contributed by atoms with E-state index >= 15 is 0 Å². The predicted molar refractivity (Wildman–Crippen MR) is 155 cm³/mol. The maximum Gasteiger partial charge on any atom is 0.324 e. The number of carbonyl (C=O) groups excluding carboxylic acids is 2. The summed E-state index contributed by atoms with van der Waals surface area (Å²) < 4.78 is 11.4. The Bertz CT molecular complexity index is 1200. The molecule has 0 saturated carbocycles. The molecule has 3 aliphatic heterocycles. The summed E-state index contributed by atoms with van der Waals surface area (Å²) in [5, 5.41) is 10.5. The second kappa shape index (κ2) is 12.8. The lowest BCUT2D eigenvalue weighted by Gasteiger charge is -2.30. The van der Waals surface area contributed by atoms with Gasteiger partial charge in [-0.3, -0.25) is 9.59 Å². The van der Waals surface area contributed by atoms with Gasteiger partial charge in [-0.25, -0.2) is 4.98 Å². The van der Waals surface area contributed by atoms with Crippen molar-refractivity contribution in [2.45, 2.75) is 90.1 Å². The van der Waals surface area contributed by atoms with E-state index in [0.717, 1.165) is 70.5 Å². The van der Waals surface area contributed by atoms with Crippen LogP contribution in [0.5, 0.6) is 5.88 Å². The number of nitrogens with zero attached hydrogens (tertiary/aromatic N) is 5. The van der Waals surface area contributed by atoms with Crippen molar-refractivity contribution in [2.75, 3.05) is 44.2 Å². The van der Waals surface area contributed by atoms with Crippen molar-refractivity contribution in [3.63, 3.8) is 0 Å². The first kappa shape index (κ1) is 29.3. The third-order valence-corrected chi connectivity index (χ3v) is 8.46. The molecule has 0 unspecified atom stereocenters. The number of hydrogen-bond donors (Lipinski definition) is 2. The molecule has 5 heterocycles. The summed E-state index contributed by atoms with van der Waals surface area (Å²) in [5.74, 6) is 1.93. The maximum atomic E-state index is 12.9. The quantitative estimate of drug-likeness (QED) is 0.439. The molecule has 3 aliphatic rings. The third kappa shape index (κ3) is 7.36. The van der Waals surface area contributed by atoms with Crippen LogP contribution >= 0.6 is 0 Å². The minimum Gasteiger partial charge on any atom is -0.478 e. The average Bonchev–Trinajstić information content (AvgIpc) is 3.73. The number of aromatic nitrogens is 3. The summed E-state index contributed by atoms with van der Waals surface area (Å²) in [6.45, 7) is 12.8. The molecule has 3 fully saturated rings. The van der Waals surface area contributed by atoms with Crippen LogP contribution in [0, 0.1) is 12.8 Å². The van der Waals surface area contributed by atoms with E-state index in [-0.39, 0.29) is 29.3 Å². The molecule has 0 radical (unpaired) electrons. The van der Waals surface area contributed by atoms with Crippen LogP contribution in [0.2, 0.25) is 0 Å². The van der Waals surface area contributed by atoms with E-state index < -0.39 is 0 Å². The summed E-state index contributed by atoms with van der Waals surface area (Å²) in [7, 11) is 0. The van der Waals surface area contributed by atoms with Gasteiger partial charge in [0, 0.05) is 50.2 Å². The van der Waals surface area contributed by atoms with Gasteiger partial charge in [0.05, 0.1) is 23.9 Å². The third-order valence-electron chi connectivity index (χ3n) is 8.46. The summed E-state index contributed by atoms with van der Waals surface area (Å²) in [4.78, 5) is 38.8. The van der Waals surface area contributed by atoms with Crippen LogP contribution in [0.15, 0.2) is 16.7 Å². The maximum absolute atomic E-state index is 12.9. The minimum absolute atomic E-state index is 0.0748. The van der Waals surface area contributed by atoms with Crippen molar-refractivity contribution in [2.24, 2.45) is 5.92 Å². The van der Waals surface area contributed by atoms with Crippen LogP contribution < -0.4 is 20.3 Å². The Morgan fingerprint density at radius 3 is 2.56 bits per heavy atom. The van der Waals surface area contributed by atoms with Crippen LogP contribution in [-0.4, -0.2) is 83.3 Å². The largest absolute Gasteiger partial charge is 0.478 e. The fraction of sp³-hybridized carbons (Fsp3) is 0.700. The van der Waals surface area contributed by atoms with Crippen LogP contribution in [0.3, 0.4) is 0 Å². The van der Waals surface area contributed by atoms with Crippen LogP contribution in [0.1, 0.15) is 87.6 Å². The molecule has 0 aliphatic carbocycles. The lowest BCUT2D eigenvalue weighted by Crippen LogP contribution is -2.42. The summed E-state index contributed by atoms with van der Waals surface area (Å²) in [5.41, 5.74) is 1.06. The zero-order valence-corrected chi connectivity index (χ0v) is 24.9. The topological polar surface area (TPSA) is 126 Å². The van der Waals surface area contributed by atoms with Crippen molar-refractivity contribution < 1.29 is 18.8 Å². The van der Waals surface area contributed by atoms with Gasteiger partial charge in [0.2, 0.25) is 11.8 Å². The van der Waals surface area contributed by atoms with E-state index in [2.05, 4.69) is 51.4 Å². The number of hydrogen-bond acceptors (Lipinski definition) is 9. The molecular formula is C30H45N7O4. The van der Waals surface area contributed by atoms with E-state index in [1.807, 2.05) is 11.8 Å². The Hall–Kier alpha value is -3.21. The normalized spacial score (nSPS) is 21.9. The zero-order valence-electron chi connectivity index (χ0n) is 24.9. The lowest BCUT2D eigenvalue weighted by molar-refractivity contribution is -0.132. The number of carbonyl (C=O) groups is 2. The monoisotopic (exact) mass is 567 g/mol. The first-order valence-electron chi connectivity index (χ1n) is 15.2. The molecule has 5 rings (SSSR count). The molecule has 0 aromatic carbocycles. The number of piperidine rings is 1. The number of rotatable bonds is 9. The minimum atomic E-state index is -0.215. The van der Waals surface area contributed by atoms with Gasteiger partial charge in [-0.1, -0.05) is 25.9 Å². The molecule has 11 heteroatoms. The van der Waals surface area contributed by atoms with E-state index in [1.54, 1.807) is 12.1 Å². The standard InChI is InChI=1S/C30H45N7O4/c1-20-23(26(38)33-22-18-24(31-19-22)27(39)36-13-5-6-14-36)9-10-25(32-20)40-17-7-8-21-11-15-37(16-12-21)29-34-28(35-41-29)30(2,3)4/h9-10,21-22,24,31H,5-8,11-19H2,1-4H3,(H,33,38)/t22-,24-/m0/s1. The van der Waals surface area contributed by atoms with Crippen molar-refractivity contribution >= 4 is 17.8 Å². The Labute approximate surface area is 242 Å². The average molecular weight is 568 g/mol. The van der Waals surface area contributed by atoms with Crippen LogP contribution in [-0.2, 0) is 10.2 Å². The molecule has 2 N–H and O–H groups in total. The molecule has 0 spiro atoms. The first-order valence-corrected chi connectivity index (χ1v) is 15.2. The SMILES string of the molecule is Cc1nc(OCCCC2CCN(c3nc(C(C)(C)C)no3)CC2)ccc1C(=O)N[C@@H]1CN[C@H](C(=O)N2CCCC2)C1. The molecule has 41 heavy (non-hydrogen) atoms. The van der Waals surface area contributed by atoms with E-state index in [9.17, 15) is 9.59 Å². The molecule has 3 saturated heterocycles. The van der Waals surface area contributed by atoms with Gasteiger partial charge in [0.1, 0.15) is 0 Å². The summed E-state index contributed by atoms with van der Waals surface area (Å²) in [6, 6.07) is 3.89. The van der Waals surface area contributed by atoms with Gasteiger partial charge in [-0.15, -0.1) is 0 Å². The molecule has 2 amide bonds. The van der Waals surface area contributed by atoms with Crippen molar-refractivity contribution in [1.29, 1.82) is 0 Å². The van der Waals surface area contributed by atoms with E-state index in [1.165, 1.54) is 0 Å². The summed E-state index contributed by atoms with van der Waals surface area (Å²) >= 11 is 0. The zero-order chi connectivity index (χ0) is 29.0. The van der Waals surface area contributed by atoms with Crippen molar-refractivity contribution in [1.82, 2.24) is 30.7 Å². The highest BCUT2D eigenvalue weighted by Crippen LogP contribution is 2.27. The Morgan fingerprint density at radius 2 is 1.88 bits per heavy atom. The number of anilines is 1. The highest BCUT2D eigenvalue weighted by molar-refractivity contribution is 5.95. The molecule has 224 valence electrons. The predicted octanol–water partition coefficient (Wildman–Crippen LogP) is 3.23. The molecule has 2 aromatic rings. The highest BCUT2D eigenvalue weighted by atomic mass is 16.5. The number of likely N-dealkylation sites (tertiary alicyclic amines) is 1. The van der Waals surface area contributed by atoms with Crippen molar-refractivity contribution in [3.8, 4) is 5.88 Å². The van der Waals surface area contributed by atoms with Gasteiger partial charge >= 0.3 is 6.01 Å². The summed E-state index contributed by atoms with van der Waals surface area (Å²) in [6.07, 6.45) is 7.01. The number of aryl methyl sites for hydroxylation is 1. The van der Waals surface area contributed by atoms with Crippen LogP contribution in [0.25, 0.3) is 0 Å². The first-order chi connectivity index (χ1) is 19.7. The van der Waals surface area contributed by atoms with E-state index in [4.69, 9.17) is 9.26 Å². The lowest BCUT2D eigenvalue weighted by atomic mass is 9.92. The molecule has 2 atom stereocenters. The Kier molecular flexibility index (Phi) is 9.11.